The van der Waals surface area contributed by atoms with Crippen LogP contribution in [0.2, 0.25) is 0 Å². The first-order valence-electron chi connectivity index (χ1n) is 10.5. The number of amides is 3. The van der Waals surface area contributed by atoms with Crippen molar-refractivity contribution < 1.29 is 31.7 Å². The lowest BCUT2D eigenvalue weighted by Gasteiger charge is -2.59. The number of piperidine rings is 1. The van der Waals surface area contributed by atoms with Gasteiger partial charge in [0.05, 0.1) is 27.2 Å². The number of fused-ring (bicyclic) bond motifs is 2. The summed E-state index contributed by atoms with van der Waals surface area (Å²) in [6.07, 6.45) is 2.75. The van der Waals surface area contributed by atoms with Crippen LogP contribution in [-0.4, -0.2) is 105 Å². The van der Waals surface area contributed by atoms with Crippen LogP contribution in [0.25, 0.3) is 0 Å². The summed E-state index contributed by atoms with van der Waals surface area (Å²) in [6, 6.07) is -1.77. The van der Waals surface area contributed by atoms with E-state index in [0.717, 1.165) is 32.5 Å². The lowest BCUT2D eigenvalue weighted by Crippen LogP contribution is -3.02. The molecule has 2 bridgehead atoms. The average molecular weight is 448 g/mol. The summed E-state index contributed by atoms with van der Waals surface area (Å²) in [5, 5.41) is 3.62. The van der Waals surface area contributed by atoms with E-state index in [4.69, 9.17) is 0 Å². The highest BCUT2D eigenvalue weighted by Crippen LogP contribution is 2.48. The Morgan fingerprint density at radius 3 is 2.40 bits per heavy atom. The van der Waals surface area contributed by atoms with E-state index >= 15 is 0 Å². The number of rotatable bonds is 5. The number of carbonyl (C=O) groups excluding carboxylic acids is 2. The average Bonchev–Trinajstić information content (AvgIpc) is 2.78. The molecule has 3 heterocycles. The summed E-state index contributed by atoms with van der Waals surface area (Å²) in [7, 11) is 1.23. The second-order valence-electron chi connectivity index (χ2n) is 9.41. The molecule has 3 amide bonds. The van der Waals surface area contributed by atoms with Gasteiger partial charge in [0.15, 0.2) is 0 Å². The minimum Gasteiger partial charge on any atom is -0.724 e. The number of hydrogen-bond acceptors (Lipinski definition) is 7. The first kappa shape index (κ1) is 23.2. The van der Waals surface area contributed by atoms with E-state index in [1.165, 1.54) is 9.80 Å². The quantitative estimate of drug-likeness (QED) is 0.369. The van der Waals surface area contributed by atoms with E-state index < -0.39 is 28.5 Å². The summed E-state index contributed by atoms with van der Waals surface area (Å²) in [6.45, 7) is 5.55. The fourth-order valence-electron chi connectivity index (χ4n) is 4.87. The number of likely N-dealkylation sites (tertiary alicyclic amines) is 1. The summed E-state index contributed by atoms with van der Waals surface area (Å²) in [4.78, 5) is 30.0. The van der Waals surface area contributed by atoms with Crippen molar-refractivity contribution in [2.75, 3.05) is 47.3 Å². The van der Waals surface area contributed by atoms with E-state index in [0.29, 0.717) is 23.3 Å². The first-order valence-corrected chi connectivity index (χ1v) is 11.8. The number of nitrogens with one attached hydrogen (secondary N) is 2. The molecule has 12 heteroatoms. The van der Waals surface area contributed by atoms with Crippen LogP contribution in [0.15, 0.2) is 0 Å². The first-order chi connectivity index (χ1) is 13.9. The third kappa shape index (κ3) is 5.05. The van der Waals surface area contributed by atoms with Gasteiger partial charge in [-0.3, -0.25) is 4.79 Å². The Kier molecular flexibility index (Phi) is 6.63. The van der Waals surface area contributed by atoms with Gasteiger partial charge in [0.2, 0.25) is 16.3 Å². The van der Waals surface area contributed by atoms with Crippen LogP contribution in [0.1, 0.15) is 32.6 Å². The molecular formula is C18H33N5O6S. The van der Waals surface area contributed by atoms with E-state index in [9.17, 15) is 22.6 Å². The molecule has 172 valence electrons. The van der Waals surface area contributed by atoms with Gasteiger partial charge < -0.3 is 24.6 Å². The van der Waals surface area contributed by atoms with Gasteiger partial charge in [-0.05, 0) is 37.6 Å². The molecule has 2 atom stereocenters. The predicted molar refractivity (Wildman–Crippen MR) is 106 cm³/mol. The Morgan fingerprint density at radius 2 is 1.87 bits per heavy atom. The van der Waals surface area contributed by atoms with Crippen LogP contribution in [-0.2, 0) is 19.5 Å². The standard InChI is InChI=1S/C15H24N4O6S.C3H9N/c1-2-17-8-15(9-17)5-10(6-15)16-13(20)12-4-3-11-7-18(12)14(21)19(11)25-26(22,23)24;1-4(2)3/h10-12H,2-9H2,1H3,(H,16,20)(H,22,23,24);1-3H3/t11-,12+;/m1./s1. The largest absolute Gasteiger partial charge is 0.724 e. The highest BCUT2D eigenvalue weighted by molar-refractivity contribution is 7.80. The van der Waals surface area contributed by atoms with Crippen LogP contribution in [0.3, 0.4) is 0 Å². The summed E-state index contributed by atoms with van der Waals surface area (Å²) >= 11 is 0. The normalized spacial score (nSPS) is 28.1. The Labute approximate surface area is 178 Å². The van der Waals surface area contributed by atoms with Crippen molar-refractivity contribution in [3.63, 3.8) is 0 Å². The van der Waals surface area contributed by atoms with Gasteiger partial charge in [-0.2, -0.15) is 9.35 Å². The highest BCUT2D eigenvalue weighted by Gasteiger charge is 2.53. The van der Waals surface area contributed by atoms with Crippen molar-refractivity contribution in [2.45, 2.75) is 50.7 Å². The molecule has 1 spiro atoms. The Morgan fingerprint density at radius 1 is 1.27 bits per heavy atom. The smallest absolute Gasteiger partial charge is 0.346 e. The lowest BCUT2D eigenvalue weighted by atomic mass is 9.60. The SMILES string of the molecule is CCN1CC2(CC(NC(=O)[C@@H]3CC[C@@H]4CN3C(=O)N4OS(=O)(=O)[O-])C2)C1.C[NH+](C)C. The van der Waals surface area contributed by atoms with E-state index in [2.05, 4.69) is 42.6 Å². The van der Waals surface area contributed by atoms with Gasteiger partial charge in [0, 0.05) is 25.7 Å². The van der Waals surface area contributed by atoms with Crippen molar-refractivity contribution in [2.24, 2.45) is 5.41 Å². The third-order valence-electron chi connectivity index (χ3n) is 6.07. The van der Waals surface area contributed by atoms with Gasteiger partial charge in [-0.15, -0.1) is 0 Å². The van der Waals surface area contributed by atoms with Crippen LogP contribution in [0.5, 0.6) is 0 Å². The number of hydroxylamine groups is 2. The molecule has 0 aromatic heterocycles. The maximum atomic E-state index is 12.6. The molecule has 0 radical (unpaired) electrons. The molecule has 1 saturated carbocycles. The molecule has 11 nitrogen and oxygen atoms in total. The minimum atomic E-state index is -5.02. The third-order valence-corrected chi connectivity index (χ3v) is 6.41. The second-order valence-corrected chi connectivity index (χ2v) is 10.4. The molecule has 0 aromatic carbocycles. The molecule has 4 fully saturated rings. The van der Waals surface area contributed by atoms with E-state index in [1.807, 2.05) is 0 Å². The monoisotopic (exact) mass is 447 g/mol. The zero-order chi connectivity index (χ0) is 22.3. The number of carbonyl (C=O) groups is 2. The highest BCUT2D eigenvalue weighted by atomic mass is 32.3. The van der Waals surface area contributed by atoms with Crippen LogP contribution in [0.4, 0.5) is 4.79 Å². The van der Waals surface area contributed by atoms with Gasteiger partial charge in [0.25, 0.3) is 0 Å². The van der Waals surface area contributed by atoms with Crippen molar-refractivity contribution in [1.82, 2.24) is 20.2 Å². The van der Waals surface area contributed by atoms with Crippen LogP contribution < -0.4 is 10.2 Å². The Bertz CT molecular complexity index is 758. The Hall–Kier alpha value is -1.47. The zero-order valence-corrected chi connectivity index (χ0v) is 18.9. The van der Waals surface area contributed by atoms with Gasteiger partial charge >= 0.3 is 6.03 Å². The van der Waals surface area contributed by atoms with Crippen molar-refractivity contribution in [3.8, 4) is 0 Å². The fourth-order valence-corrected chi connectivity index (χ4v) is 5.25. The zero-order valence-electron chi connectivity index (χ0n) is 18.1. The molecule has 4 rings (SSSR count). The van der Waals surface area contributed by atoms with Crippen molar-refractivity contribution >= 4 is 22.3 Å². The topological polar surface area (TPSA) is 127 Å². The minimum absolute atomic E-state index is 0.131. The van der Waals surface area contributed by atoms with Crippen LogP contribution >= 0.6 is 0 Å². The molecule has 0 unspecified atom stereocenters. The number of urea groups is 1. The van der Waals surface area contributed by atoms with E-state index in [-0.39, 0.29) is 18.5 Å². The molecule has 2 N–H and O–H groups in total. The molecular weight excluding hydrogens is 414 g/mol. The van der Waals surface area contributed by atoms with Gasteiger partial charge in [-0.1, -0.05) is 6.92 Å². The number of hydrogen-bond donors (Lipinski definition) is 2. The molecule has 1 aliphatic carbocycles. The number of nitrogens with zero attached hydrogens (tertiary/aromatic N) is 3. The van der Waals surface area contributed by atoms with Crippen molar-refractivity contribution in [1.29, 1.82) is 0 Å². The number of quaternary nitrogens is 1. The molecule has 3 aliphatic heterocycles. The van der Waals surface area contributed by atoms with E-state index in [1.54, 1.807) is 0 Å². The maximum absolute atomic E-state index is 12.6. The maximum Gasteiger partial charge on any atom is 0.346 e. The van der Waals surface area contributed by atoms with Gasteiger partial charge in [0.1, 0.15) is 6.04 Å². The molecule has 3 saturated heterocycles. The summed E-state index contributed by atoms with van der Waals surface area (Å²) < 4.78 is 36.6. The lowest BCUT2D eigenvalue weighted by molar-refractivity contribution is -0.836. The molecule has 30 heavy (non-hydrogen) atoms. The molecule has 0 aromatic rings. The fraction of sp³-hybridized carbons (Fsp3) is 0.889. The summed E-state index contributed by atoms with van der Waals surface area (Å²) in [5.41, 5.74) is 0.349. The van der Waals surface area contributed by atoms with Crippen LogP contribution in [0, 0.1) is 5.41 Å². The second kappa shape index (κ2) is 8.58. The molecule has 4 aliphatic rings. The summed E-state index contributed by atoms with van der Waals surface area (Å²) in [5.74, 6) is -0.213. The predicted octanol–water partition coefficient (Wildman–Crippen LogP) is -1.99. The van der Waals surface area contributed by atoms with Crippen molar-refractivity contribution in [3.05, 3.63) is 0 Å². The van der Waals surface area contributed by atoms with Gasteiger partial charge in [-0.25, -0.2) is 13.2 Å². The Balaban J connectivity index is 0.000000589.